The number of nitrogens with one attached hydrogen (secondary N) is 2. The van der Waals surface area contributed by atoms with Gasteiger partial charge in [0.2, 0.25) is 5.91 Å². The van der Waals surface area contributed by atoms with Gasteiger partial charge in [-0.05, 0) is 13.8 Å². The molecule has 1 aromatic rings. The third-order valence-electron chi connectivity index (χ3n) is 2.36. The lowest BCUT2D eigenvalue weighted by atomic mass is 10.1. The zero-order chi connectivity index (χ0) is 12.1. The number of hydrogen-bond acceptors (Lipinski definition) is 4. The van der Waals surface area contributed by atoms with Crippen LogP contribution in [-0.4, -0.2) is 45.6 Å². The monoisotopic (exact) mass is 227 g/mol. The minimum Gasteiger partial charge on any atom is -0.394 e. The maximum absolute atomic E-state index is 11.5. The molecule has 0 aliphatic heterocycles. The fourth-order valence-electron chi connectivity index (χ4n) is 1.35. The molecule has 0 saturated heterocycles. The Morgan fingerprint density at radius 1 is 1.56 bits per heavy atom. The first-order valence-electron chi connectivity index (χ1n) is 5.10. The van der Waals surface area contributed by atoms with Crippen molar-refractivity contribution < 1.29 is 15.0 Å². The number of carbonyl (C=O) groups excluding carboxylic acids is 1. The number of rotatable bonds is 5. The van der Waals surface area contributed by atoms with Crippen LogP contribution in [0, 0.1) is 13.8 Å². The van der Waals surface area contributed by atoms with Gasteiger partial charge in [0, 0.05) is 17.8 Å². The first-order valence-corrected chi connectivity index (χ1v) is 5.10. The average molecular weight is 227 g/mol. The molecule has 0 aliphatic carbocycles. The van der Waals surface area contributed by atoms with Gasteiger partial charge in [0.15, 0.2) is 0 Å². The summed E-state index contributed by atoms with van der Waals surface area (Å²) in [6.45, 7) is 3.38. The van der Waals surface area contributed by atoms with Crippen molar-refractivity contribution in [2.75, 3.05) is 13.2 Å². The molecule has 0 aliphatic rings. The number of aliphatic hydroxyl groups excluding tert-OH is 2. The normalized spacial score (nSPS) is 12.5. The lowest BCUT2D eigenvalue weighted by molar-refractivity contribution is -0.121. The highest BCUT2D eigenvalue weighted by atomic mass is 16.3. The lowest BCUT2D eigenvalue weighted by Gasteiger charge is -2.08. The van der Waals surface area contributed by atoms with E-state index in [-0.39, 0.29) is 25.5 Å². The van der Waals surface area contributed by atoms with Gasteiger partial charge in [0.25, 0.3) is 0 Å². The van der Waals surface area contributed by atoms with E-state index < -0.39 is 6.10 Å². The Morgan fingerprint density at radius 2 is 2.25 bits per heavy atom. The number of aliphatic hydroxyl groups is 2. The Kier molecular flexibility index (Phi) is 4.45. The Hall–Kier alpha value is -1.40. The number of aromatic amines is 1. The molecule has 4 N–H and O–H groups in total. The van der Waals surface area contributed by atoms with Crippen LogP contribution >= 0.6 is 0 Å². The number of amides is 1. The zero-order valence-electron chi connectivity index (χ0n) is 9.45. The van der Waals surface area contributed by atoms with Crippen LogP contribution in [0.3, 0.4) is 0 Å². The highest BCUT2D eigenvalue weighted by molar-refractivity contribution is 5.79. The van der Waals surface area contributed by atoms with Crippen LogP contribution < -0.4 is 5.32 Å². The molecular weight excluding hydrogens is 210 g/mol. The molecule has 6 nitrogen and oxygen atoms in total. The maximum atomic E-state index is 11.5. The number of aryl methyl sites for hydroxylation is 2. The Morgan fingerprint density at radius 3 is 2.75 bits per heavy atom. The number of hydrogen-bond donors (Lipinski definition) is 4. The number of nitrogens with zero attached hydrogens (tertiary/aromatic N) is 1. The van der Waals surface area contributed by atoms with Gasteiger partial charge >= 0.3 is 0 Å². The van der Waals surface area contributed by atoms with Crippen LogP contribution in [-0.2, 0) is 11.2 Å². The minimum atomic E-state index is -0.907. The molecule has 6 heteroatoms. The fraction of sp³-hybridized carbons (Fsp3) is 0.600. The predicted molar refractivity (Wildman–Crippen MR) is 57.9 cm³/mol. The van der Waals surface area contributed by atoms with Crippen molar-refractivity contribution in [3.63, 3.8) is 0 Å². The first-order chi connectivity index (χ1) is 7.54. The maximum Gasteiger partial charge on any atom is 0.224 e. The van der Waals surface area contributed by atoms with E-state index in [4.69, 9.17) is 10.2 Å². The second-order valence-electron chi connectivity index (χ2n) is 3.73. The van der Waals surface area contributed by atoms with Crippen LogP contribution in [0.1, 0.15) is 17.0 Å². The molecule has 90 valence electrons. The molecule has 16 heavy (non-hydrogen) atoms. The van der Waals surface area contributed by atoms with Crippen molar-refractivity contribution in [2.24, 2.45) is 0 Å². The molecule has 0 fully saturated rings. The number of aromatic nitrogens is 2. The van der Waals surface area contributed by atoms with Gasteiger partial charge in [-0.2, -0.15) is 5.10 Å². The molecule has 1 aromatic heterocycles. The van der Waals surface area contributed by atoms with Crippen LogP contribution in [0.15, 0.2) is 0 Å². The largest absolute Gasteiger partial charge is 0.394 e. The highest BCUT2D eigenvalue weighted by Crippen LogP contribution is 2.09. The summed E-state index contributed by atoms with van der Waals surface area (Å²) in [6, 6.07) is 0. The smallest absolute Gasteiger partial charge is 0.224 e. The number of H-pyrrole nitrogens is 1. The van der Waals surface area contributed by atoms with Gasteiger partial charge in [0.1, 0.15) is 0 Å². The molecule has 1 rings (SSSR count). The summed E-state index contributed by atoms with van der Waals surface area (Å²) in [6.07, 6.45) is -0.678. The third-order valence-corrected chi connectivity index (χ3v) is 2.36. The minimum absolute atomic E-state index is 0.0608. The topological polar surface area (TPSA) is 98.2 Å². The van der Waals surface area contributed by atoms with E-state index in [2.05, 4.69) is 15.5 Å². The van der Waals surface area contributed by atoms with E-state index >= 15 is 0 Å². The van der Waals surface area contributed by atoms with Gasteiger partial charge in [-0.25, -0.2) is 0 Å². The van der Waals surface area contributed by atoms with E-state index in [1.807, 2.05) is 13.8 Å². The molecule has 0 saturated carbocycles. The van der Waals surface area contributed by atoms with Crippen molar-refractivity contribution in [2.45, 2.75) is 26.4 Å². The van der Waals surface area contributed by atoms with Gasteiger partial charge in [0.05, 0.1) is 24.8 Å². The van der Waals surface area contributed by atoms with Crippen molar-refractivity contribution >= 4 is 5.91 Å². The van der Waals surface area contributed by atoms with Crippen LogP contribution in [0.2, 0.25) is 0 Å². The van der Waals surface area contributed by atoms with Crippen LogP contribution in [0.5, 0.6) is 0 Å². The van der Waals surface area contributed by atoms with E-state index in [0.717, 1.165) is 17.0 Å². The SMILES string of the molecule is Cc1n[nH]c(C)c1CC(=O)NCC(O)CO. The molecular formula is C10H17N3O3. The Bertz CT molecular complexity index is 343. The molecule has 0 spiro atoms. The molecule has 0 radical (unpaired) electrons. The third kappa shape index (κ3) is 3.32. The lowest BCUT2D eigenvalue weighted by Crippen LogP contribution is -2.34. The fourth-order valence-corrected chi connectivity index (χ4v) is 1.35. The Labute approximate surface area is 93.7 Å². The summed E-state index contributed by atoms with van der Waals surface area (Å²) in [4.78, 5) is 11.5. The quantitative estimate of drug-likeness (QED) is 0.520. The van der Waals surface area contributed by atoms with E-state index in [9.17, 15) is 4.79 Å². The van der Waals surface area contributed by atoms with E-state index in [1.165, 1.54) is 0 Å². The number of carbonyl (C=O) groups is 1. The van der Waals surface area contributed by atoms with Gasteiger partial charge in [-0.3, -0.25) is 9.89 Å². The summed E-state index contributed by atoms with van der Waals surface area (Å²) in [7, 11) is 0. The second kappa shape index (κ2) is 5.62. The zero-order valence-corrected chi connectivity index (χ0v) is 9.45. The van der Waals surface area contributed by atoms with Crippen LogP contribution in [0.25, 0.3) is 0 Å². The van der Waals surface area contributed by atoms with Crippen LogP contribution in [0.4, 0.5) is 0 Å². The molecule has 0 aromatic carbocycles. The van der Waals surface area contributed by atoms with Crippen molar-refractivity contribution in [1.82, 2.24) is 15.5 Å². The van der Waals surface area contributed by atoms with Gasteiger partial charge in [-0.1, -0.05) is 0 Å². The summed E-state index contributed by atoms with van der Waals surface area (Å²) in [5, 5.41) is 27.0. The predicted octanol–water partition coefficient (Wildman–Crippen LogP) is -0.962. The highest BCUT2D eigenvalue weighted by Gasteiger charge is 2.12. The van der Waals surface area contributed by atoms with E-state index in [1.54, 1.807) is 0 Å². The van der Waals surface area contributed by atoms with Crippen molar-refractivity contribution in [3.05, 3.63) is 17.0 Å². The molecule has 1 heterocycles. The summed E-state index contributed by atoms with van der Waals surface area (Å²) in [5.74, 6) is -0.194. The van der Waals surface area contributed by atoms with Gasteiger partial charge < -0.3 is 15.5 Å². The van der Waals surface area contributed by atoms with E-state index in [0.29, 0.717) is 0 Å². The standard InChI is InChI=1S/C10H17N3O3/c1-6-9(7(2)13-12-6)3-10(16)11-4-8(15)5-14/h8,14-15H,3-5H2,1-2H3,(H,11,16)(H,12,13). The molecule has 1 amide bonds. The molecule has 1 unspecified atom stereocenters. The van der Waals surface area contributed by atoms with Gasteiger partial charge in [-0.15, -0.1) is 0 Å². The summed E-state index contributed by atoms with van der Waals surface area (Å²) < 4.78 is 0. The summed E-state index contributed by atoms with van der Waals surface area (Å²) in [5.41, 5.74) is 2.54. The Balaban J connectivity index is 2.46. The second-order valence-corrected chi connectivity index (χ2v) is 3.73. The molecule has 1 atom stereocenters. The van der Waals surface area contributed by atoms with Crippen molar-refractivity contribution in [1.29, 1.82) is 0 Å². The summed E-state index contributed by atoms with van der Waals surface area (Å²) >= 11 is 0. The molecule has 0 bridgehead atoms. The first kappa shape index (κ1) is 12.7. The van der Waals surface area contributed by atoms with Crippen molar-refractivity contribution in [3.8, 4) is 0 Å². The average Bonchev–Trinajstić information content (AvgIpc) is 2.57.